The Kier molecular flexibility index (Phi) is 6.17. The van der Waals surface area contributed by atoms with Gasteiger partial charge in [0.1, 0.15) is 11.6 Å². The van der Waals surface area contributed by atoms with Crippen LogP contribution < -0.4 is 4.90 Å². The van der Waals surface area contributed by atoms with Gasteiger partial charge in [0.2, 0.25) is 5.91 Å². The second-order valence-corrected chi connectivity index (χ2v) is 9.75. The van der Waals surface area contributed by atoms with E-state index in [1.54, 1.807) is 0 Å². The van der Waals surface area contributed by atoms with Crippen molar-refractivity contribution in [3.05, 3.63) is 42.4 Å². The molecular formula is C25H34N6O. The first-order chi connectivity index (χ1) is 15.3. The van der Waals surface area contributed by atoms with E-state index in [1.165, 1.54) is 0 Å². The van der Waals surface area contributed by atoms with Gasteiger partial charge in [-0.2, -0.15) is 5.10 Å². The highest BCUT2D eigenvalue weighted by molar-refractivity contribution is 5.88. The van der Waals surface area contributed by atoms with Crippen molar-refractivity contribution in [3.63, 3.8) is 0 Å². The third-order valence-corrected chi connectivity index (χ3v) is 6.10. The molecule has 0 saturated carbocycles. The van der Waals surface area contributed by atoms with E-state index in [9.17, 15) is 4.79 Å². The summed E-state index contributed by atoms with van der Waals surface area (Å²) in [5.41, 5.74) is 1.47. The highest BCUT2D eigenvalue weighted by atomic mass is 16.2. The number of rotatable bonds is 5. The summed E-state index contributed by atoms with van der Waals surface area (Å²) in [5, 5.41) is 5.62. The zero-order chi connectivity index (χ0) is 22.9. The minimum atomic E-state index is -0.357. The molecule has 1 fully saturated rings. The second-order valence-electron chi connectivity index (χ2n) is 9.75. The van der Waals surface area contributed by atoms with E-state index >= 15 is 0 Å². The topological polar surface area (TPSA) is 67.2 Å². The van der Waals surface area contributed by atoms with E-state index in [4.69, 9.17) is 9.97 Å². The number of anilines is 1. The maximum absolute atomic E-state index is 12.7. The van der Waals surface area contributed by atoms with Gasteiger partial charge < -0.3 is 9.80 Å². The van der Waals surface area contributed by atoms with Gasteiger partial charge in [0.15, 0.2) is 5.65 Å². The third kappa shape index (κ3) is 4.33. The minimum Gasteiger partial charge on any atom is -0.352 e. The van der Waals surface area contributed by atoms with Crippen LogP contribution in [0.3, 0.4) is 0 Å². The lowest BCUT2D eigenvalue weighted by atomic mass is 9.94. The predicted molar refractivity (Wildman–Crippen MR) is 128 cm³/mol. The molecule has 1 aliphatic rings. The Morgan fingerprint density at radius 2 is 1.75 bits per heavy atom. The molecule has 7 nitrogen and oxygen atoms in total. The lowest BCUT2D eigenvalue weighted by Crippen LogP contribution is -2.52. The van der Waals surface area contributed by atoms with Gasteiger partial charge in [0.25, 0.3) is 0 Å². The fourth-order valence-electron chi connectivity index (χ4n) is 4.29. The second kappa shape index (κ2) is 8.88. The standard InChI is InChI=1S/C25H34N6O/c1-6-10-18(2)21-27-22(29-13-15-30(16-14-29)24(32)25(3,4)5)20-17-26-31(23(20)28-21)19-11-8-7-9-12-19/h7-9,11-12,17-18H,6,10,13-16H2,1-5H3/t18-/m0/s1. The third-order valence-electron chi connectivity index (χ3n) is 6.10. The number of hydrogen-bond donors (Lipinski definition) is 0. The normalized spacial score (nSPS) is 15.9. The monoisotopic (exact) mass is 434 g/mol. The Balaban J connectivity index is 1.71. The zero-order valence-corrected chi connectivity index (χ0v) is 19.9. The molecule has 0 bridgehead atoms. The Hall–Kier alpha value is -2.96. The summed E-state index contributed by atoms with van der Waals surface area (Å²) in [4.78, 5) is 27.0. The van der Waals surface area contributed by atoms with Crippen molar-refractivity contribution in [1.29, 1.82) is 0 Å². The summed E-state index contributed by atoms with van der Waals surface area (Å²) in [6.07, 6.45) is 4.00. The predicted octanol–water partition coefficient (Wildman–Crippen LogP) is 4.41. The average Bonchev–Trinajstić information content (AvgIpc) is 3.22. The lowest BCUT2D eigenvalue weighted by molar-refractivity contribution is -0.139. The molecule has 1 aromatic carbocycles. The van der Waals surface area contributed by atoms with Crippen LogP contribution in [0.2, 0.25) is 0 Å². The molecule has 3 heterocycles. The van der Waals surface area contributed by atoms with E-state index in [1.807, 2.05) is 66.9 Å². The number of carbonyl (C=O) groups excluding carboxylic acids is 1. The van der Waals surface area contributed by atoms with Gasteiger partial charge in [-0.25, -0.2) is 14.6 Å². The molecule has 4 rings (SSSR count). The molecule has 1 amide bonds. The molecule has 0 spiro atoms. The Morgan fingerprint density at radius 3 is 2.38 bits per heavy atom. The summed E-state index contributed by atoms with van der Waals surface area (Å²) in [7, 11) is 0. The number of amides is 1. The van der Waals surface area contributed by atoms with E-state index in [-0.39, 0.29) is 17.2 Å². The van der Waals surface area contributed by atoms with Gasteiger partial charge in [-0.1, -0.05) is 59.2 Å². The summed E-state index contributed by atoms with van der Waals surface area (Å²) >= 11 is 0. The Labute approximate surface area is 190 Å². The van der Waals surface area contributed by atoms with Crippen molar-refractivity contribution in [2.75, 3.05) is 31.1 Å². The number of hydrogen-bond acceptors (Lipinski definition) is 5. The van der Waals surface area contributed by atoms with Crippen LogP contribution in [-0.2, 0) is 4.79 Å². The minimum absolute atomic E-state index is 0.208. The summed E-state index contributed by atoms with van der Waals surface area (Å²) < 4.78 is 1.90. The Morgan fingerprint density at radius 1 is 1.06 bits per heavy atom. The van der Waals surface area contributed by atoms with E-state index in [0.29, 0.717) is 13.1 Å². The van der Waals surface area contributed by atoms with E-state index < -0.39 is 0 Å². The molecule has 0 unspecified atom stereocenters. The van der Waals surface area contributed by atoms with Crippen LogP contribution >= 0.6 is 0 Å². The molecule has 32 heavy (non-hydrogen) atoms. The van der Waals surface area contributed by atoms with Crippen LogP contribution in [0.15, 0.2) is 36.5 Å². The SMILES string of the molecule is CCC[C@H](C)c1nc(N2CCN(C(=O)C(C)(C)C)CC2)c2cnn(-c3ccccc3)c2n1. The maximum atomic E-state index is 12.7. The van der Waals surface area contributed by atoms with Gasteiger partial charge >= 0.3 is 0 Å². The van der Waals surface area contributed by atoms with Crippen LogP contribution in [0.1, 0.15) is 59.2 Å². The van der Waals surface area contributed by atoms with Gasteiger partial charge in [0.05, 0.1) is 17.3 Å². The summed E-state index contributed by atoms with van der Waals surface area (Å²) in [6.45, 7) is 13.2. The first kappa shape index (κ1) is 22.2. The fourth-order valence-corrected chi connectivity index (χ4v) is 4.29. The van der Waals surface area contributed by atoms with E-state index in [0.717, 1.165) is 54.3 Å². The quantitative estimate of drug-likeness (QED) is 0.595. The van der Waals surface area contributed by atoms with Gasteiger partial charge in [0, 0.05) is 37.5 Å². The van der Waals surface area contributed by atoms with Crippen molar-refractivity contribution in [3.8, 4) is 5.69 Å². The molecule has 0 N–H and O–H groups in total. The summed E-state index contributed by atoms with van der Waals surface area (Å²) in [5.74, 6) is 2.27. The number of aromatic nitrogens is 4. The molecule has 0 aliphatic carbocycles. The first-order valence-electron chi connectivity index (χ1n) is 11.6. The van der Waals surface area contributed by atoms with Crippen LogP contribution in [0, 0.1) is 5.41 Å². The average molecular weight is 435 g/mol. The smallest absolute Gasteiger partial charge is 0.228 e. The van der Waals surface area contributed by atoms with Crippen LogP contribution in [0.4, 0.5) is 5.82 Å². The largest absolute Gasteiger partial charge is 0.352 e. The molecular weight excluding hydrogens is 400 g/mol. The van der Waals surface area contributed by atoms with E-state index in [2.05, 4.69) is 23.8 Å². The van der Waals surface area contributed by atoms with Crippen molar-refractivity contribution in [2.45, 2.75) is 53.4 Å². The Bertz CT molecular complexity index is 1080. The first-order valence-corrected chi connectivity index (χ1v) is 11.6. The molecule has 1 saturated heterocycles. The number of fused-ring (bicyclic) bond motifs is 1. The number of nitrogens with zero attached hydrogens (tertiary/aromatic N) is 6. The van der Waals surface area contributed by atoms with Gasteiger partial charge in [-0.15, -0.1) is 0 Å². The fraction of sp³-hybridized carbons (Fsp3) is 0.520. The van der Waals surface area contributed by atoms with Crippen molar-refractivity contribution >= 4 is 22.8 Å². The molecule has 7 heteroatoms. The van der Waals surface area contributed by atoms with Gasteiger partial charge in [-0.3, -0.25) is 4.79 Å². The molecule has 170 valence electrons. The lowest BCUT2D eigenvalue weighted by Gasteiger charge is -2.38. The maximum Gasteiger partial charge on any atom is 0.228 e. The number of para-hydroxylation sites is 1. The van der Waals surface area contributed by atoms with Crippen molar-refractivity contribution in [2.24, 2.45) is 5.41 Å². The molecule has 2 aromatic heterocycles. The molecule has 3 aromatic rings. The van der Waals surface area contributed by atoms with Crippen LogP contribution in [0.5, 0.6) is 0 Å². The number of piperazine rings is 1. The zero-order valence-electron chi connectivity index (χ0n) is 19.9. The highest BCUT2D eigenvalue weighted by Crippen LogP contribution is 2.30. The number of carbonyl (C=O) groups is 1. The highest BCUT2D eigenvalue weighted by Gasteiger charge is 2.31. The number of benzene rings is 1. The molecule has 1 aliphatic heterocycles. The summed E-state index contributed by atoms with van der Waals surface area (Å²) in [6, 6.07) is 10.1. The van der Waals surface area contributed by atoms with Crippen LogP contribution in [0.25, 0.3) is 16.7 Å². The van der Waals surface area contributed by atoms with Crippen molar-refractivity contribution < 1.29 is 4.79 Å². The molecule has 1 atom stereocenters. The van der Waals surface area contributed by atoms with Gasteiger partial charge in [-0.05, 0) is 18.6 Å². The van der Waals surface area contributed by atoms with Crippen LogP contribution in [-0.4, -0.2) is 56.7 Å². The molecule has 0 radical (unpaired) electrons. The van der Waals surface area contributed by atoms with Crippen molar-refractivity contribution in [1.82, 2.24) is 24.6 Å².